The topological polar surface area (TPSA) is 68.0 Å². The molecule has 1 aromatic carbocycles. The second kappa shape index (κ2) is 6.48. The molecule has 2 heterocycles. The van der Waals surface area contributed by atoms with E-state index in [1.54, 1.807) is 6.07 Å². The van der Waals surface area contributed by atoms with E-state index in [4.69, 9.17) is 5.73 Å². The molecular weight excluding hydrogens is 520 g/mol. The highest BCUT2D eigenvalue weighted by molar-refractivity contribution is 14.1. The highest BCUT2D eigenvalue weighted by Crippen LogP contribution is 2.37. The molecule has 1 aliphatic rings. The van der Waals surface area contributed by atoms with E-state index in [0.717, 1.165) is 38.7 Å². The smallest absolute Gasteiger partial charge is 0.268 e. The molecule has 8 heteroatoms. The van der Waals surface area contributed by atoms with Crippen molar-refractivity contribution in [1.82, 2.24) is 4.98 Å². The van der Waals surface area contributed by atoms with Gasteiger partial charge >= 0.3 is 0 Å². The molecule has 2 aromatic heterocycles. The van der Waals surface area contributed by atoms with Gasteiger partial charge in [0.1, 0.15) is 15.5 Å². The fraction of sp³-hybridized carbons (Fsp3) is 0.176. The van der Waals surface area contributed by atoms with E-state index in [9.17, 15) is 9.18 Å². The maximum atomic E-state index is 14.2. The van der Waals surface area contributed by atoms with E-state index in [-0.39, 0.29) is 5.69 Å². The van der Waals surface area contributed by atoms with Crippen molar-refractivity contribution < 1.29 is 9.18 Å². The quantitative estimate of drug-likeness (QED) is 0.451. The summed E-state index contributed by atoms with van der Waals surface area (Å²) in [6, 6.07) is 5.13. The molecule has 0 atom stereocenters. The number of aromatic nitrogens is 1. The minimum Gasteiger partial charge on any atom is -0.397 e. The third-order valence-corrected chi connectivity index (χ3v) is 6.56. The molecule has 4 rings (SSSR count). The number of halogens is 3. The van der Waals surface area contributed by atoms with Crippen molar-refractivity contribution in [2.24, 2.45) is 0 Å². The zero-order chi connectivity index (χ0) is 17.7. The van der Waals surface area contributed by atoms with Gasteiger partial charge in [-0.2, -0.15) is 0 Å². The zero-order valence-corrected chi connectivity index (χ0v) is 17.4. The number of nitrogens with zero attached hydrogens (tertiary/aromatic N) is 1. The molecular formula is C17H12BrFIN3OS. The first-order valence-electron chi connectivity index (χ1n) is 7.60. The fourth-order valence-electron chi connectivity index (χ4n) is 3.00. The molecule has 4 nitrogen and oxygen atoms in total. The van der Waals surface area contributed by atoms with Gasteiger partial charge in [-0.05, 0) is 81.5 Å². The molecule has 0 radical (unpaired) electrons. The number of benzene rings is 1. The Morgan fingerprint density at radius 1 is 1.36 bits per heavy atom. The molecule has 0 saturated heterocycles. The average Bonchev–Trinajstić information content (AvgIpc) is 3.13. The van der Waals surface area contributed by atoms with Crippen LogP contribution in [0.25, 0.3) is 10.2 Å². The van der Waals surface area contributed by atoms with E-state index in [0.29, 0.717) is 15.0 Å². The Morgan fingerprint density at radius 2 is 2.16 bits per heavy atom. The number of rotatable bonds is 2. The van der Waals surface area contributed by atoms with Crippen LogP contribution in [0.15, 0.2) is 22.7 Å². The molecule has 25 heavy (non-hydrogen) atoms. The van der Waals surface area contributed by atoms with Gasteiger partial charge in [0.2, 0.25) is 0 Å². The van der Waals surface area contributed by atoms with Crippen LogP contribution >= 0.6 is 49.9 Å². The van der Waals surface area contributed by atoms with Crippen molar-refractivity contribution in [3.05, 3.63) is 48.2 Å². The highest BCUT2D eigenvalue weighted by Gasteiger charge is 2.22. The molecule has 0 unspecified atom stereocenters. The second-order valence-corrected chi connectivity index (χ2v) is 8.94. The Morgan fingerprint density at radius 3 is 2.92 bits per heavy atom. The normalized spacial score (nSPS) is 13.2. The van der Waals surface area contributed by atoms with Crippen molar-refractivity contribution in [3.63, 3.8) is 0 Å². The standard InChI is InChI=1S/C17H12BrFIN3OS/c18-10-5-8(20)6-11(19)14(10)23-16(24)15-13(21)9-4-7-2-1-3-12(7)22-17(9)25-15/h4-6H,1-3,21H2,(H,23,24). The Kier molecular flexibility index (Phi) is 4.45. The first-order chi connectivity index (χ1) is 11.9. The Balaban J connectivity index is 1.72. The molecule has 3 aromatic rings. The van der Waals surface area contributed by atoms with Crippen LogP contribution in [0.5, 0.6) is 0 Å². The molecule has 3 N–H and O–H groups in total. The number of thiophene rings is 1. The summed E-state index contributed by atoms with van der Waals surface area (Å²) < 4.78 is 15.4. The summed E-state index contributed by atoms with van der Waals surface area (Å²) in [6.07, 6.45) is 3.06. The van der Waals surface area contributed by atoms with Gasteiger partial charge in [-0.25, -0.2) is 9.37 Å². The summed E-state index contributed by atoms with van der Waals surface area (Å²) >= 11 is 6.55. The van der Waals surface area contributed by atoms with Crippen molar-refractivity contribution >= 4 is 77.4 Å². The van der Waals surface area contributed by atoms with Crippen molar-refractivity contribution in [2.75, 3.05) is 11.1 Å². The zero-order valence-electron chi connectivity index (χ0n) is 12.8. The lowest BCUT2D eigenvalue weighted by Gasteiger charge is -2.08. The minimum atomic E-state index is -0.496. The van der Waals surface area contributed by atoms with Gasteiger partial charge in [-0.1, -0.05) is 0 Å². The number of carbonyl (C=O) groups excluding carboxylic acids is 1. The van der Waals surface area contributed by atoms with Crippen molar-refractivity contribution in [3.8, 4) is 0 Å². The number of nitrogen functional groups attached to an aromatic ring is 1. The molecule has 0 fully saturated rings. The lowest BCUT2D eigenvalue weighted by atomic mass is 10.1. The maximum absolute atomic E-state index is 14.2. The monoisotopic (exact) mass is 531 g/mol. The minimum absolute atomic E-state index is 0.109. The number of carbonyl (C=O) groups is 1. The summed E-state index contributed by atoms with van der Waals surface area (Å²) in [7, 11) is 0. The third kappa shape index (κ3) is 3.04. The number of anilines is 2. The first kappa shape index (κ1) is 17.2. The van der Waals surface area contributed by atoms with Gasteiger partial charge < -0.3 is 11.1 Å². The predicted octanol–water partition coefficient (Wildman–Crippen LogP) is 5.13. The third-order valence-electron chi connectivity index (χ3n) is 4.20. The number of hydrogen-bond donors (Lipinski definition) is 2. The molecule has 0 spiro atoms. The lowest BCUT2D eigenvalue weighted by molar-refractivity contribution is 0.103. The van der Waals surface area contributed by atoms with E-state index in [1.807, 2.05) is 28.7 Å². The summed E-state index contributed by atoms with van der Waals surface area (Å²) in [5.41, 5.74) is 9.00. The number of nitrogens with two attached hydrogens (primary N) is 1. The Labute approximate surface area is 169 Å². The Bertz CT molecular complexity index is 1010. The van der Waals surface area contributed by atoms with Crippen LogP contribution in [0.1, 0.15) is 27.3 Å². The van der Waals surface area contributed by atoms with Gasteiger partial charge in [0.25, 0.3) is 5.91 Å². The lowest BCUT2D eigenvalue weighted by Crippen LogP contribution is -2.13. The number of hydrogen-bond acceptors (Lipinski definition) is 4. The van der Waals surface area contributed by atoms with Crippen LogP contribution < -0.4 is 11.1 Å². The van der Waals surface area contributed by atoms with Crippen LogP contribution in [-0.4, -0.2) is 10.9 Å². The van der Waals surface area contributed by atoms with Crippen molar-refractivity contribution in [1.29, 1.82) is 0 Å². The summed E-state index contributed by atoms with van der Waals surface area (Å²) in [5.74, 6) is -0.926. The van der Waals surface area contributed by atoms with Gasteiger partial charge in [0.05, 0.1) is 11.4 Å². The van der Waals surface area contributed by atoms with Gasteiger partial charge in [-0.3, -0.25) is 4.79 Å². The highest BCUT2D eigenvalue weighted by atomic mass is 127. The van der Waals surface area contributed by atoms with Gasteiger partial charge in [0, 0.05) is 19.1 Å². The fourth-order valence-corrected chi connectivity index (χ4v) is 5.54. The molecule has 0 saturated carbocycles. The molecule has 0 bridgehead atoms. The predicted molar refractivity (Wildman–Crippen MR) is 111 cm³/mol. The Hall–Kier alpha value is -1.26. The number of nitrogens with one attached hydrogen (secondary N) is 1. The number of aryl methyl sites for hydroxylation is 2. The second-order valence-electron chi connectivity index (χ2n) is 5.84. The van der Waals surface area contributed by atoms with Crippen LogP contribution in [0.3, 0.4) is 0 Å². The van der Waals surface area contributed by atoms with Crippen LogP contribution in [0.4, 0.5) is 15.8 Å². The van der Waals surface area contributed by atoms with E-state index < -0.39 is 11.7 Å². The first-order valence-corrected chi connectivity index (χ1v) is 10.3. The number of amides is 1. The molecule has 1 amide bonds. The summed E-state index contributed by atoms with van der Waals surface area (Å²) in [6.45, 7) is 0. The van der Waals surface area contributed by atoms with Crippen molar-refractivity contribution in [2.45, 2.75) is 19.3 Å². The largest absolute Gasteiger partial charge is 0.397 e. The van der Waals surface area contributed by atoms with E-state index in [1.165, 1.54) is 23.0 Å². The summed E-state index contributed by atoms with van der Waals surface area (Å²) in [4.78, 5) is 18.4. The summed E-state index contributed by atoms with van der Waals surface area (Å²) in [5, 5.41) is 3.42. The SMILES string of the molecule is Nc1c(C(=O)Nc2c(F)cc(I)cc2Br)sc2nc3c(cc12)CCC3. The van der Waals surface area contributed by atoms with Gasteiger partial charge in [-0.15, -0.1) is 11.3 Å². The molecule has 128 valence electrons. The average molecular weight is 532 g/mol. The maximum Gasteiger partial charge on any atom is 0.268 e. The number of pyridine rings is 1. The van der Waals surface area contributed by atoms with Gasteiger partial charge in [0.15, 0.2) is 0 Å². The van der Waals surface area contributed by atoms with E-state index >= 15 is 0 Å². The molecule has 0 aliphatic heterocycles. The number of fused-ring (bicyclic) bond motifs is 2. The van der Waals surface area contributed by atoms with Crippen LogP contribution in [-0.2, 0) is 12.8 Å². The van der Waals surface area contributed by atoms with Crippen LogP contribution in [0.2, 0.25) is 0 Å². The molecule has 1 aliphatic carbocycles. The van der Waals surface area contributed by atoms with E-state index in [2.05, 4.69) is 26.2 Å². The van der Waals surface area contributed by atoms with Crippen LogP contribution in [0, 0.1) is 9.39 Å².